The number of thiocarbonyl (C=S) groups is 1. The number of amides is 2. The van der Waals surface area contributed by atoms with E-state index in [2.05, 4.69) is 10.3 Å². The third kappa shape index (κ3) is 7.45. The lowest BCUT2D eigenvalue weighted by atomic mass is 10.1. The number of aliphatic imine (C=N–C) groups is 1. The van der Waals surface area contributed by atoms with Crippen molar-refractivity contribution in [3.05, 3.63) is 83.9 Å². The number of primary sulfonamides is 1. The lowest BCUT2D eigenvalue weighted by Gasteiger charge is -2.27. The van der Waals surface area contributed by atoms with Crippen molar-refractivity contribution >= 4 is 44.8 Å². The van der Waals surface area contributed by atoms with Gasteiger partial charge in [0.2, 0.25) is 10.0 Å². The molecular weight excluding hydrogens is 506 g/mol. The summed E-state index contributed by atoms with van der Waals surface area (Å²) < 4.78 is 23.9. The van der Waals surface area contributed by atoms with Gasteiger partial charge in [-0.1, -0.05) is 67.7 Å². The molecule has 194 valence electrons. The van der Waals surface area contributed by atoms with Crippen LogP contribution in [0.25, 0.3) is 11.1 Å². The minimum atomic E-state index is -3.88. The van der Waals surface area contributed by atoms with Crippen LogP contribution in [-0.4, -0.2) is 36.2 Å². The summed E-state index contributed by atoms with van der Waals surface area (Å²) in [5.74, 6) is 0.346. The molecule has 8 nitrogen and oxygen atoms in total. The fourth-order valence-electron chi connectivity index (χ4n) is 3.67. The summed E-state index contributed by atoms with van der Waals surface area (Å²) in [5.41, 5.74) is 9.49. The van der Waals surface area contributed by atoms with Crippen LogP contribution in [0.4, 0.5) is 10.5 Å². The molecule has 0 unspecified atom stereocenters. The number of hydrogen-bond donors (Lipinski definition) is 3. The van der Waals surface area contributed by atoms with Gasteiger partial charge in [-0.2, -0.15) is 0 Å². The Bertz CT molecular complexity index is 1420. The van der Waals surface area contributed by atoms with Crippen LogP contribution in [0.2, 0.25) is 0 Å². The summed E-state index contributed by atoms with van der Waals surface area (Å²) in [5, 5.41) is 8.28. The van der Waals surface area contributed by atoms with Crippen LogP contribution < -0.4 is 16.2 Å². The molecule has 3 aromatic carbocycles. The minimum Gasteiger partial charge on any atom is -0.383 e. The number of amidine groups is 1. The van der Waals surface area contributed by atoms with E-state index in [0.29, 0.717) is 40.6 Å². The van der Waals surface area contributed by atoms with E-state index >= 15 is 0 Å². The molecule has 3 aromatic rings. The van der Waals surface area contributed by atoms with Crippen LogP contribution in [0, 0.1) is 0 Å². The van der Waals surface area contributed by atoms with Gasteiger partial charge in [0.1, 0.15) is 10.8 Å². The Kier molecular flexibility index (Phi) is 9.14. The average molecular weight is 538 g/mol. The molecule has 0 aliphatic rings. The smallest absolute Gasteiger partial charge is 0.322 e. The van der Waals surface area contributed by atoms with Gasteiger partial charge in [-0.25, -0.2) is 23.3 Å². The number of nitrogens with zero attached hydrogens (tertiary/aromatic N) is 2. The Labute approximate surface area is 223 Å². The lowest BCUT2D eigenvalue weighted by molar-refractivity contribution is 0.193. The van der Waals surface area contributed by atoms with Gasteiger partial charge < -0.3 is 16.0 Å². The van der Waals surface area contributed by atoms with Crippen LogP contribution in [0.1, 0.15) is 38.3 Å². The van der Waals surface area contributed by atoms with E-state index < -0.39 is 10.0 Å². The highest BCUT2D eigenvalue weighted by Crippen LogP contribution is 2.27. The second-order valence-electron chi connectivity index (χ2n) is 8.72. The van der Waals surface area contributed by atoms with Crippen molar-refractivity contribution in [2.45, 2.75) is 44.7 Å². The number of nitrogens with two attached hydrogens (primary N) is 2. The number of hydrogen-bond acceptors (Lipinski definition) is 4. The number of sulfonamides is 1. The predicted octanol–water partition coefficient (Wildman–Crippen LogP) is 4.89. The van der Waals surface area contributed by atoms with Crippen molar-refractivity contribution in [3.8, 4) is 11.1 Å². The third-order valence-electron chi connectivity index (χ3n) is 5.65. The molecule has 0 aliphatic carbocycles. The molecule has 2 amide bonds. The van der Waals surface area contributed by atoms with Crippen molar-refractivity contribution in [2.75, 3.05) is 5.32 Å². The zero-order chi connectivity index (χ0) is 27.2. The maximum atomic E-state index is 13.2. The molecule has 10 heteroatoms. The monoisotopic (exact) mass is 537 g/mol. The van der Waals surface area contributed by atoms with Gasteiger partial charge in [0.05, 0.1) is 4.90 Å². The third-order valence-corrected chi connectivity index (χ3v) is 7.00. The van der Waals surface area contributed by atoms with Crippen molar-refractivity contribution in [1.29, 1.82) is 0 Å². The Morgan fingerprint density at radius 3 is 2.35 bits per heavy atom. The van der Waals surface area contributed by atoms with E-state index in [1.807, 2.05) is 45.0 Å². The molecule has 5 N–H and O–H groups in total. The Morgan fingerprint density at radius 1 is 1.05 bits per heavy atom. The molecule has 0 fully saturated rings. The fourth-order valence-corrected chi connectivity index (χ4v) is 4.53. The summed E-state index contributed by atoms with van der Waals surface area (Å²) in [7, 11) is -3.88. The summed E-state index contributed by atoms with van der Waals surface area (Å²) in [6.45, 7) is 6.16. The van der Waals surface area contributed by atoms with Crippen LogP contribution >= 0.6 is 12.2 Å². The van der Waals surface area contributed by atoms with E-state index in [0.717, 1.165) is 11.1 Å². The molecule has 0 aliphatic heterocycles. The fraction of sp³-hybridized carbons (Fsp3) is 0.222. The van der Waals surface area contributed by atoms with Crippen molar-refractivity contribution in [3.63, 3.8) is 0 Å². The topological polar surface area (TPSA) is 131 Å². The second kappa shape index (κ2) is 12.1. The highest BCUT2D eigenvalue weighted by molar-refractivity contribution is 7.89. The quantitative estimate of drug-likeness (QED) is 0.214. The maximum Gasteiger partial charge on any atom is 0.322 e. The molecule has 0 aromatic heterocycles. The normalized spacial score (nSPS) is 11.9. The number of rotatable bonds is 8. The summed E-state index contributed by atoms with van der Waals surface area (Å²) in [4.78, 5) is 19.7. The summed E-state index contributed by atoms with van der Waals surface area (Å²) >= 11 is 5.16. The number of carbonyl (C=O) groups excluding carboxylic acids is 1. The van der Waals surface area contributed by atoms with Crippen LogP contribution in [0.5, 0.6) is 0 Å². The number of urea groups is 1. The predicted molar refractivity (Wildman–Crippen MR) is 153 cm³/mol. The Hall–Kier alpha value is -3.60. The summed E-state index contributed by atoms with van der Waals surface area (Å²) in [6, 6.07) is 20.6. The van der Waals surface area contributed by atoms with E-state index in [-0.39, 0.29) is 17.0 Å². The Morgan fingerprint density at radius 2 is 1.73 bits per heavy atom. The highest BCUT2D eigenvalue weighted by atomic mass is 32.2. The van der Waals surface area contributed by atoms with Crippen molar-refractivity contribution in [1.82, 2.24) is 4.90 Å². The van der Waals surface area contributed by atoms with Gasteiger partial charge >= 0.3 is 6.03 Å². The molecule has 0 radical (unpaired) electrons. The largest absolute Gasteiger partial charge is 0.383 e. The Balaban J connectivity index is 1.77. The number of benzene rings is 3. The summed E-state index contributed by atoms with van der Waals surface area (Å²) in [6.07, 6.45) is 0.636. The van der Waals surface area contributed by atoms with Gasteiger partial charge in [0.25, 0.3) is 0 Å². The lowest BCUT2D eigenvalue weighted by Crippen LogP contribution is -2.39. The molecule has 0 heterocycles. The van der Waals surface area contributed by atoms with Crippen molar-refractivity contribution < 1.29 is 13.2 Å². The van der Waals surface area contributed by atoms with Gasteiger partial charge in [-0.15, -0.1) is 0 Å². The van der Waals surface area contributed by atoms with Crippen LogP contribution in [-0.2, 0) is 16.6 Å². The zero-order valence-electron chi connectivity index (χ0n) is 21.0. The van der Waals surface area contributed by atoms with E-state index in [1.165, 1.54) is 6.07 Å². The van der Waals surface area contributed by atoms with E-state index in [1.54, 1.807) is 47.4 Å². The van der Waals surface area contributed by atoms with E-state index in [4.69, 9.17) is 23.1 Å². The van der Waals surface area contributed by atoms with Crippen molar-refractivity contribution in [2.24, 2.45) is 15.9 Å². The molecular formula is C27H31N5O3S2. The SMILES string of the molecule is CCC(=S)N=C(N)c1cccc(CN(C(=O)Nc2ccc(-c3ccccc3S(N)(=O)=O)cc2)C(C)C)c1. The first-order valence-electron chi connectivity index (χ1n) is 11.8. The molecule has 0 bridgehead atoms. The van der Waals surface area contributed by atoms with Gasteiger partial charge in [0, 0.05) is 29.4 Å². The van der Waals surface area contributed by atoms with E-state index in [9.17, 15) is 13.2 Å². The van der Waals surface area contributed by atoms with Gasteiger partial charge in [0.15, 0.2) is 0 Å². The molecule has 0 atom stereocenters. The van der Waals surface area contributed by atoms with Crippen LogP contribution in [0.3, 0.4) is 0 Å². The highest BCUT2D eigenvalue weighted by Gasteiger charge is 2.19. The first-order chi connectivity index (χ1) is 17.5. The average Bonchev–Trinajstić information content (AvgIpc) is 2.87. The molecule has 3 rings (SSSR count). The first-order valence-corrected chi connectivity index (χ1v) is 13.7. The van der Waals surface area contributed by atoms with Crippen LogP contribution in [0.15, 0.2) is 82.7 Å². The molecule has 37 heavy (non-hydrogen) atoms. The maximum absolute atomic E-state index is 13.2. The zero-order valence-corrected chi connectivity index (χ0v) is 22.6. The number of anilines is 1. The first kappa shape index (κ1) is 28.0. The van der Waals surface area contributed by atoms with Gasteiger partial charge in [-0.3, -0.25) is 0 Å². The number of carbonyl (C=O) groups is 1. The second-order valence-corrected chi connectivity index (χ2v) is 10.7. The standard InChI is InChI=1S/C27H31N5O3S2/c1-4-25(36)31-26(28)21-9-7-8-19(16-21)17-32(18(2)3)27(33)30-22-14-12-20(13-15-22)23-10-5-6-11-24(23)37(29,34)35/h5-16,18H,4,17H2,1-3H3,(H,30,33)(H2,28,31,36)(H2,29,34,35). The number of nitrogens with one attached hydrogen (secondary N) is 1. The van der Waals surface area contributed by atoms with Gasteiger partial charge in [-0.05, 0) is 55.7 Å². The molecule has 0 saturated heterocycles. The minimum absolute atomic E-state index is 0.0437. The molecule has 0 saturated carbocycles. The molecule has 0 spiro atoms.